The largest absolute Gasteiger partial charge is 0.460 e. The minimum Gasteiger partial charge on any atom is -0.382 e. The summed E-state index contributed by atoms with van der Waals surface area (Å²) in [6.45, 7) is 0. The molecule has 0 radical (unpaired) electrons. The minimum atomic E-state index is -8.72. The van der Waals surface area contributed by atoms with Gasteiger partial charge < -0.3 is 5.11 Å². The SMILES string of the molecule is Cl.FC(F)(F)C(F)(F)C(F)(F)C(F)(F)C(F)(F)C(F)(F)C(F)(F)C(F)(F)F.O=C(c1ccccc1)C1(O)CCCCC1. The molecule has 0 aromatic heterocycles. The minimum absolute atomic E-state index is 0. The van der Waals surface area contributed by atoms with Gasteiger partial charge in [0.2, 0.25) is 0 Å². The van der Waals surface area contributed by atoms with Crippen LogP contribution in [-0.2, 0) is 0 Å². The fraction of sp³-hybridized carbons (Fsp3) is 0.667. The molecule has 1 aromatic carbocycles. The van der Waals surface area contributed by atoms with Gasteiger partial charge in [-0.05, 0) is 12.8 Å². The van der Waals surface area contributed by atoms with Crippen LogP contribution in [0.1, 0.15) is 42.5 Å². The summed E-state index contributed by atoms with van der Waals surface area (Å²) < 4.78 is 221. The van der Waals surface area contributed by atoms with Crippen LogP contribution in [0.15, 0.2) is 30.3 Å². The fourth-order valence-electron chi connectivity index (χ4n) is 3.37. The van der Waals surface area contributed by atoms with Crippen molar-refractivity contribution in [2.45, 2.75) is 85.6 Å². The highest BCUT2D eigenvalue weighted by atomic mass is 35.5. The maximum absolute atomic E-state index is 12.8. The van der Waals surface area contributed by atoms with E-state index in [0.29, 0.717) is 18.4 Å². The molecule has 2 rings (SSSR count). The number of carbonyl (C=O) groups is 1. The Kier molecular flexibility index (Phi) is 11.5. The summed E-state index contributed by atoms with van der Waals surface area (Å²) >= 11 is 0. The third-order valence-electron chi connectivity index (χ3n) is 5.82. The van der Waals surface area contributed by atoms with Gasteiger partial charge in [-0.2, -0.15) is 79.0 Å². The Morgan fingerprint density at radius 2 is 0.810 bits per heavy atom. The lowest BCUT2D eigenvalue weighted by Gasteiger charge is -2.41. The molecule has 1 saturated carbocycles. The molecular weight excluding hydrogens is 662 g/mol. The van der Waals surface area contributed by atoms with E-state index in [-0.39, 0.29) is 18.2 Å². The standard InChI is InChI=1S/C13H16O2.C8F18.ClH/c14-12(11-7-3-1-4-8-11)13(15)9-5-2-6-10-13;9-1(10,3(13,14)5(17,18)7(21,22)23)2(11,12)4(15,16)6(19,20)8(24,25)26;/h1,3-4,7-8,15H,2,5-6,9-10H2;;1H. The highest BCUT2D eigenvalue weighted by Gasteiger charge is 2.95. The van der Waals surface area contributed by atoms with Gasteiger partial charge in [-0.25, -0.2) is 0 Å². The number of aliphatic hydroxyl groups is 1. The average molecular weight is 679 g/mol. The fourth-order valence-corrected chi connectivity index (χ4v) is 3.37. The Labute approximate surface area is 229 Å². The molecule has 0 heterocycles. The first-order chi connectivity index (χ1) is 18.0. The van der Waals surface area contributed by atoms with Crippen molar-refractivity contribution in [3.05, 3.63) is 35.9 Å². The molecular formula is C21H17ClF18O2. The van der Waals surface area contributed by atoms with Crippen molar-refractivity contribution in [1.82, 2.24) is 0 Å². The Bertz CT molecular complexity index is 996. The second kappa shape index (κ2) is 12.1. The summed E-state index contributed by atoms with van der Waals surface area (Å²) in [4.78, 5) is 12.1. The predicted molar refractivity (Wildman–Crippen MR) is 108 cm³/mol. The average Bonchev–Trinajstić information content (AvgIpc) is 2.83. The summed E-state index contributed by atoms with van der Waals surface area (Å²) in [7, 11) is 0. The lowest BCUT2D eigenvalue weighted by molar-refractivity contribution is -0.468. The quantitative estimate of drug-likeness (QED) is 0.231. The van der Waals surface area contributed by atoms with Crippen molar-refractivity contribution >= 4 is 18.2 Å². The molecule has 0 saturated heterocycles. The molecule has 2 nitrogen and oxygen atoms in total. The lowest BCUT2D eigenvalue weighted by atomic mass is 9.79. The first-order valence-corrected chi connectivity index (χ1v) is 10.7. The molecule has 42 heavy (non-hydrogen) atoms. The number of hydrogen-bond acceptors (Lipinski definition) is 2. The number of carbonyl (C=O) groups excluding carboxylic acids is 1. The van der Waals surface area contributed by atoms with Crippen molar-refractivity contribution in [3.63, 3.8) is 0 Å². The van der Waals surface area contributed by atoms with Gasteiger partial charge in [0.1, 0.15) is 5.60 Å². The molecule has 21 heteroatoms. The number of benzene rings is 1. The van der Waals surface area contributed by atoms with Crippen molar-refractivity contribution in [1.29, 1.82) is 0 Å². The lowest BCUT2D eigenvalue weighted by Crippen LogP contribution is -2.74. The molecule has 1 aliphatic rings. The molecule has 1 aromatic rings. The number of Topliss-reactive ketones (excluding diaryl/α,β-unsaturated/α-hetero) is 1. The molecule has 1 N–H and O–H groups in total. The van der Waals surface area contributed by atoms with E-state index >= 15 is 0 Å². The van der Waals surface area contributed by atoms with Gasteiger partial charge in [0.15, 0.2) is 5.78 Å². The molecule has 0 aliphatic heterocycles. The van der Waals surface area contributed by atoms with Gasteiger partial charge in [-0.15, -0.1) is 12.4 Å². The van der Waals surface area contributed by atoms with Crippen LogP contribution < -0.4 is 0 Å². The Hall–Kier alpha value is -2.12. The van der Waals surface area contributed by atoms with Crippen LogP contribution in [0.25, 0.3) is 0 Å². The van der Waals surface area contributed by atoms with E-state index in [1.165, 1.54) is 0 Å². The first kappa shape index (κ1) is 39.9. The van der Waals surface area contributed by atoms with E-state index in [0.717, 1.165) is 19.3 Å². The van der Waals surface area contributed by atoms with Crippen LogP contribution in [0.3, 0.4) is 0 Å². The van der Waals surface area contributed by atoms with Gasteiger partial charge in [-0.1, -0.05) is 49.6 Å². The van der Waals surface area contributed by atoms with Crippen molar-refractivity contribution in [2.75, 3.05) is 0 Å². The third kappa shape index (κ3) is 6.52. The van der Waals surface area contributed by atoms with E-state index in [9.17, 15) is 88.9 Å². The number of rotatable bonds is 7. The topological polar surface area (TPSA) is 37.3 Å². The summed E-state index contributed by atoms with van der Waals surface area (Å²) in [5, 5.41) is 10.2. The molecule has 246 valence electrons. The summed E-state index contributed by atoms with van der Waals surface area (Å²) in [6.07, 6.45) is -11.4. The van der Waals surface area contributed by atoms with Gasteiger partial charge >= 0.3 is 47.9 Å². The molecule has 1 fully saturated rings. The zero-order chi connectivity index (χ0) is 32.7. The highest BCUT2D eigenvalue weighted by molar-refractivity contribution is 6.02. The molecule has 0 atom stereocenters. The number of ketones is 1. The number of halogens is 19. The van der Waals surface area contributed by atoms with Crippen LogP contribution in [-0.4, -0.2) is 64.4 Å². The zero-order valence-electron chi connectivity index (χ0n) is 20.0. The maximum atomic E-state index is 12.8. The third-order valence-corrected chi connectivity index (χ3v) is 5.82. The van der Waals surface area contributed by atoms with Crippen molar-refractivity contribution < 1.29 is 88.9 Å². The maximum Gasteiger partial charge on any atom is 0.460 e. The summed E-state index contributed by atoms with van der Waals surface area (Å²) in [5.41, 5.74) is -0.471. The molecule has 1 aliphatic carbocycles. The number of alkyl halides is 18. The Balaban J connectivity index is 0.000000884. The van der Waals surface area contributed by atoms with E-state index in [1.807, 2.05) is 18.2 Å². The van der Waals surface area contributed by atoms with Gasteiger partial charge in [-0.3, -0.25) is 4.79 Å². The van der Waals surface area contributed by atoms with Crippen LogP contribution in [0.4, 0.5) is 79.0 Å². The van der Waals surface area contributed by atoms with E-state index in [1.54, 1.807) is 12.1 Å². The number of hydrogen-bond donors (Lipinski definition) is 1. The molecule has 0 unspecified atom stereocenters. The zero-order valence-corrected chi connectivity index (χ0v) is 20.8. The summed E-state index contributed by atoms with van der Waals surface area (Å²) in [5.74, 6) is -51.1. The van der Waals surface area contributed by atoms with E-state index in [2.05, 4.69) is 0 Å². The van der Waals surface area contributed by atoms with E-state index < -0.39 is 53.5 Å². The van der Waals surface area contributed by atoms with Crippen molar-refractivity contribution in [2.24, 2.45) is 0 Å². The Morgan fingerprint density at radius 1 is 0.524 bits per heavy atom. The Morgan fingerprint density at radius 3 is 1.10 bits per heavy atom. The highest BCUT2D eigenvalue weighted by Crippen LogP contribution is 2.64. The van der Waals surface area contributed by atoms with Gasteiger partial charge in [0.05, 0.1) is 0 Å². The second-order valence-corrected chi connectivity index (χ2v) is 8.73. The van der Waals surface area contributed by atoms with Crippen LogP contribution in [0.5, 0.6) is 0 Å². The van der Waals surface area contributed by atoms with Gasteiger partial charge in [0, 0.05) is 5.56 Å². The normalized spacial score (nSPS) is 17.5. The van der Waals surface area contributed by atoms with Crippen molar-refractivity contribution in [3.8, 4) is 0 Å². The molecule has 0 amide bonds. The predicted octanol–water partition coefficient (Wildman–Crippen LogP) is 8.91. The molecule has 0 spiro atoms. The van der Waals surface area contributed by atoms with Gasteiger partial charge in [0.25, 0.3) is 0 Å². The smallest absolute Gasteiger partial charge is 0.382 e. The van der Waals surface area contributed by atoms with Crippen LogP contribution >= 0.6 is 12.4 Å². The van der Waals surface area contributed by atoms with Crippen LogP contribution in [0, 0.1) is 0 Å². The molecule has 0 bridgehead atoms. The monoisotopic (exact) mass is 678 g/mol. The van der Waals surface area contributed by atoms with Crippen LogP contribution in [0.2, 0.25) is 0 Å². The second-order valence-electron chi connectivity index (χ2n) is 8.73. The first-order valence-electron chi connectivity index (χ1n) is 10.7. The summed E-state index contributed by atoms with van der Waals surface area (Å²) in [6, 6.07) is 9.09. The van der Waals surface area contributed by atoms with E-state index in [4.69, 9.17) is 0 Å².